The van der Waals surface area contributed by atoms with Crippen molar-refractivity contribution in [2.45, 2.75) is 38.5 Å². The summed E-state index contributed by atoms with van der Waals surface area (Å²) >= 11 is 0. The van der Waals surface area contributed by atoms with Gasteiger partial charge in [0.15, 0.2) is 0 Å². The van der Waals surface area contributed by atoms with Gasteiger partial charge in [-0.1, -0.05) is 12.8 Å². The molecule has 0 amide bonds. The highest BCUT2D eigenvalue weighted by atomic mass is 16.6. The Morgan fingerprint density at radius 2 is 1.56 bits per heavy atom. The van der Waals surface area contributed by atoms with Gasteiger partial charge in [0.1, 0.15) is 0 Å². The van der Waals surface area contributed by atoms with Gasteiger partial charge in [0.2, 0.25) is 0 Å². The zero-order valence-corrected chi connectivity index (χ0v) is 9.92. The van der Waals surface area contributed by atoms with Crippen molar-refractivity contribution in [3.05, 3.63) is 43.5 Å². The molecule has 0 saturated carbocycles. The highest BCUT2D eigenvalue weighted by molar-refractivity contribution is 5.54. The fourth-order valence-electron chi connectivity index (χ4n) is 2.45. The Bertz CT molecular complexity index is 499. The Hall–Kier alpha value is -1.98. The molecule has 0 aromatic heterocycles. The second-order valence-electron chi connectivity index (χ2n) is 4.53. The second kappa shape index (κ2) is 5.12. The van der Waals surface area contributed by atoms with Gasteiger partial charge in [-0.2, -0.15) is 0 Å². The molecule has 96 valence electrons. The molecule has 18 heavy (non-hydrogen) atoms. The van der Waals surface area contributed by atoms with Crippen molar-refractivity contribution in [2.24, 2.45) is 0 Å². The average molecular weight is 250 g/mol. The molecule has 1 aliphatic rings. The molecule has 0 spiro atoms. The highest BCUT2D eigenvalue weighted by Gasteiger charge is 2.24. The van der Waals surface area contributed by atoms with Crippen LogP contribution in [0.1, 0.15) is 36.8 Å². The number of nitrogens with zero attached hydrogens (tertiary/aromatic N) is 2. The largest absolute Gasteiger partial charge is 0.279 e. The monoisotopic (exact) mass is 250 g/mol. The van der Waals surface area contributed by atoms with E-state index in [0.717, 1.165) is 37.3 Å². The summed E-state index contributed by atoms with van der Waals surface area (Å²) in [6.07, 6.45) is 5.32. The molecule has 0 saturated heterocycles. The van der Waals surface area contributed by atoms with Crippen LogP contribution in [-0.4, -0.2) is 9.85 Å². The van der Waals surface area contributed by atoms with Crippen LogP contribution in [-0.2, 0) is 12.8 Å². The molecule has 0 fully saturated rings. The minimum absolute atomic E-state index is 0.0962. The molecule has 6 heteroatoms. The van der Waals surface area contributed by atoms with Crippen molar-refractivity contribution < 1.29 is 9.85 Å². The number of benzene rings is 1. The van der Waals surface area contributed by atoms with Crippen molar-refractivity contribution >= 4 is 11.4 Å². The summed E-state index contributed by atoms with van der Waals surface area (Å²) in [7, 11) is 0. The summed E-state index contributed by atoms with van der Waals surface area (Å²) in [6, 6.07) is 2.58. The van der Waals surface area contributed by atoms with Crippen LogP contribution in [0.2, 0.25) is 0 Å². The normalized spacial score (nSPS) is 15.3. The van der Waals surface area contributed by atoms with E-state index in [1.54, 1.807) is 0 Å². The molecule has 0 N–H and O–H groups in total. The van der Waals surface area contributed by atoms with E-state index in [1.165, 1.54) is 6.07 Å². The Morgan fingerprint density at radius 3 is 2.17 bits per heavy atom. The number of rotatable bonds is 2. The highest BCUT2D eigenvalue weighted by Crippen LogP contribution is 2.32. The number of fused-ring (bicyclic) bond motifs is 1. The molecule has 0 aliphatic heterocycles. The van der Waals surface area contributed by atoms with Crippen LogP contribution in [0, 0.1) is 20.2 Å². The Labute approximate surface area is 104 Å². The topological polar surface area (TPSA) is 86.3 Å². The van der Waals surface area contributed by atoms with Gasteiger partial charge in [-0.15, -0.1) is 0 Å². The fourth-order valence-corrected chi connectivity index (χ4v) is 2.45. The van der Waals surface area contributed by atoms with E-state index in [1.807, 2.05) is 0 Å². The first kappa shape index (κ1) is 12.5. The van der Waals surface area contributed by atoms with E-state index in [0.29, 0.717) is 18.4 Å². The first-order chi connectivity index (χ1) is 8.59. The summed E-state index contributed by atoms with van der Waals surface area (Å²) in [4.78, 5) is 20.8. The van der Waals surface area contributed by atoms with Crippen molar-refractivity contribution in [1.82, 2.24) is 0 Å². The molecular weight excluding hydrogens is 236 g/mol. The molecule has 0 atom stereocenters. The van der Waals surface area contributed by atoms with Gasteiger partial charge < -0.3 is 0 Å². The SMILES string of the molecule is O=[N+]([O-])c1cc2c(c([N+](=O)[O-])c1)CCCCCC2. The van der Waals surface area contributed by atoms with E-state index in [4.69, 9.17) is 0 Å². The number of nitro benzene ring substituents is 2. The van der Waals surface area contributed by atoms with Crippen LogP contribution in [0.25, 0.3) is 0 Å². The van der Waals surface area contributed by atoms with Crippen LogP contribution < -0.4 is 0 Å². The van der Waals surface area contributed by atoms with Gasteiger partial charge in [0, 0.05) is 11.6 Å². The fraction of sp³-hybridized carbons (Fsp3) is 0.500. The lowest BCUT2D eigenvalue weighted by Gasteiger charge is -2.13. The molecule has 1 aromatic rings. The van der Waals surface area contributed by atoms with E-state index in [-0.39, 0.29) is 11.4 Å². The van der Waals surface area contributed by atoms with E-state index < -0.39 is 9.85 Å². The van der Waals surface area contributed by atoms with Crippen LogP contribution >= 0.6 is 0 Å². The van der Waals surface area contributed by atoms with E-state index >= 15 is 0 Å². The van der Waals surface area contributed by atoms with Crippen molar-refractivity contribution in [2.75, 3.05) is 0 Å². The predicted molar refractivity (Wildman–Crippen MR) is 65.6 cm³/mol. The molecule has 1 aromatic carbocycles. The third-order valence-corrected chi connectivity index (χ3v) is 3.33. The molecule has 1 aliphatic carbocycles. The van der Waals surface area contributed by atoms with Crippen LogP contribution in [0.5, 0.6) is 0 Å². The Morgan fingerprint density at radius 1 is 0.889 bits per heavy atom. The summed E-state index contributed by atoms with van der Waals surface area (Å²) in [5.41, 5.74) is 1.18. The third-order valence-electron chi connectivity index (χ3n) is 3.33. The zero-order valence-electron chi connectivity index (χ0n) is 9.92. The van der Waals surface area contributed by atoms with Gasteiger partial charge in [0.25, 0.3) is 11.4 Å². The zero-order chi connectivity index (χ0) is 13.1. The van der Waals surface area contributed by atoms with Crippen LogP contribution in [0.4, 0.5) is 11.4 Å². The van der Waals surface area contributed by atoms with Crippen LogP contribution in [0.3, 0.4) is 0 Å². The first-order valence-electron chi connectivity index (χ1n) is 6.04. The number of hydrogen-bond donors (Lipinski definition) is 0. The molecule has 0 bridgehead atoms. The number of aryl methyl sites for hydroxylation is 1. The van der Waals surface area contributed by atoms with E-state index in [2.05, 4.69) is 0 Å². The minimum Gasteiger partial charge on any atom is -0.258 e. The lowest BCUT2D eigenvalue weighted by molar-refractivity contribution is -0.394. The maximum Gasteiger partial charge on any atom is 0.279 e. The molecule has 0 radical (unpaired) electrons. The van der Waals surface area contributed by atoms with Gasteiger partial charge in [0.05, 0.1) is 15.9 Å². The van der Waals surface area contributed by atoms with Gasteiger partial charge in [-0.3, -0.25) is 20.2 Å². The predicted octanol–water partition coefficient (Wildman–Crippen LogP) is 3.16. The van der Waals surface area contributed by atoms with Gasteiger partial charge in [-0.05, 0) is 31.2 Å². The molecule has 2 rings (SSSR count). The smallest absolute Gasteiger partial charge is 0.258 e. The van der Waals surface area contributed by atoms with Crippen molar-refractivity contribution in [1.29, 1.82) is 0 Å². The molecule has 6 nitrogen and oxygen atoms in total. The quantitative estimate of drug-likeness (QED) is 0.595. The number of hydrogen-bond acceptors (Lipinski definition) is 4. The lowest BCUT2D eigenvalue weighted by atomic mass is 9.91. The Kier molecular flexibility index (Phi) is 3.55. The van der Waals surface area contributed by atoms with Crippen molar-refractivity contribution in [3.63, 3.8) is 0 Å². The molecule has 0 unspecified atom stereocenters. The number of non-ortho nitro benzene ring substituents is 1. The van der Waals surface area contributed by atoms with Crippen molar-refractivity contribution in [3.8, 4) is 0 Å². The van der Waals surface area contributed by atoms with Crippen LogP contribution in [0.15, 0.2) is 12.1 Å². The summed E-state index contributed by atoms with van der Waals surface area (Å²) in [5.74, 6) is 0. The molecular formula is C12H14N2O4. The average Bonchev–Trinajstić information content (AvgIpc) is 2.28. The summed E-state index contributed by atoms with van der Waals surface area (Å²) in [5, 5.41) is 21.8. The van der Waals surface area contributed by atoms with E-state index in [9.17, 15) is 20.2 Å². The summed E-state index contributed by atoms with van der Waals surface area (Å²) < 4.78 is 0. The molecule has 0 heterocycles. The first-order valence-corrected chi connectivity index (χ1v) is 6.04. The van der Waals surface area contributed by atoms with Gasteiger partial charge >= 0.3 is 0 Å². The Balaban J connectivity index is 2.55. The standard InChI is InChI=1S/C12H14N2O4/c15-13(16)10-7-9-5-3-1-2-4-6-11(9)12(8-10)14(17)18/h7-8H,1-6H2. The lowest BCUT2D eigenvalue weighted by Crippen LogP contribution is -2.05. The number of nitro groups is 2. The maximum atomic E-state index is 11.0. The third kappa shape index (κ3) is 2.47. The maximum absolute atomic E-state index is 11.0. The minimum atomic E-state index is -0.563. The van der Waals surface area contributed by atoms with Gasteiger partial charge in [-0.25, -0.2) is 0 Å². The second-order valence-corrected chi connectivity index (χ2v) is 4.53. The summed E-state index contributed by atoms with van der Waals surface area (Å²) in [6.45, 7) is 0.